The van der Waals surface area contributed by atoms with Gasteiger partial charge in [-0.2, -0.15) is 0 Å². The van der Waals surface area contributed by atoms with Crippen molar-refractivity contribution in [2.45, 2.75) is 11.7 Å². The van der Waals surface area contributed by atoms with Crippen LogP contribution in [0.15, 0.2) is 77.3 Å². The number of rotatable bonds is 8. The van der Waals surface area contributed by atoms with Gasteiger partial charge in [-0.3, -0.25) is 14.2 Å². The quantitative estimate of drug-likeness (QED) is 0.397. The summed E-state index contributed by atoms with van der Waals surface area (Å²) in [5, 5.41) is 14.2. The highest BCUT2D eigenvalue weighted by atomic mass is 32.2. The fourth-order valence-electron chi connectivity index (χ4n) is 2.94. The third kappa shape index (κ3) is 5.19. The van der Waals surface area contributed by atoms with E-state index in [9.17, 15) is 9.59 Å². The zero-order valence-electron chi connectivity index (χ0n) is 16.4. The normalized spacial score (nSPS) is 10.7. The number of nitrogens with zero attached hydrogens (tertiary/aromatic N) is 3. The number of benzene rings is 2. The van der Waals surface area contributed by atoms with E-state index in [2.05, 4.69) is 27.6 Å². The SMILES string of the molecule is NC(=O)c1ccc(NC(=O)CSc2nnc(-c3cccs3)n2Cc2ccccc2)cc1. The molecule has 4 aromatic rings. The summed E-state index contributed by atoms with van der Waals surface area (Å²) in [6.07, 6.45) is 0. The van der Waals surface area contributed by atoms with E-state index in [1.54, 1.807) is 35.6 Å². The molecule has 2 amide bonds. The number of primary amides is 1. The molecule has 0 saturated carbocycles. The Morgan fingerprint density at radius 2 is 1.77 bits per heavy atom. The molecule has 0 atom stereocenters. The lowest BCUT2D eigenvalue weighted by atomic mass is 10.2. The van der Waals surface area contributed by atoms with Crippen LogP contribution < -0.4 is 11.1 Å². The van der Waals surface area contributed by atoms with Crippen LogP contribution in [0.3, 0.4) is 0 Å². The zero-order chi connectivity index (χ0) is 21.6. The van der Waals surface area contributed by atoms with E-state index in [1.165, 1.54) is 11.8 Å². The van der Waals surface area contributed by atoms with Crippen molar-refractivity contribution in [2.75, 3.05) is 11.1 Å². The van der Waals surface area contributed by atoms with Crippen molar-refractivity contribution in [2.24, 2.45) is 5.73 Å². The van der Waals surface area contributed by atoms with E-state index in [4.69, 9.17) is 5.73 Å². The fourth-order valence-corrected chi connectivity index (χ4v) is 4.39. The van der Waals surface area contributed by atoms with Crippen LogP contribution in [-0.4, -0.2) is 32.3 Å². The minimum absolute atomic E-state index is 0.176. The van der Waals surface area contributed by atoms with Gasteiger partial charge in [-0.05, 0) is 41.3 Å². The molecule has 0 bridgehead atoms. The standard InChI is InChI=1S/C22H19N5O2S2/c23-20(29)16-8-10-17(11-9-16)24-19(28)14-31-22-26-25-21(18-7-4-12-30-18)27(22)13-15-5-2-1-3-6-15/h1-12H,13-14H2,(H2,23,29)(H,24,28). The summed E-state index contributed by atoms with van der Waals surface area (Å²) in [4.78, 5) is 24.6. The monoisotopic (exact) mass is 449 g/mol. The summed E-state index contributed by atoms with van der Waals surface area (Å²) in [6.45, 7) is 0.611. The number of nitrogens with two attached hydrogens (primary N) is 1. The van der Waals surface area contributed by atoms with Crippen LogP contribution in [0.1, 0.15) is 15.9 Å². The van der Waals surface area contributed by atoms with Crippen molar-refractivity contribution in [3.63, 3.8) is 0 Å². The number of carbonyl (C=O) groups excluding carboxylic acids is 2. The van der Waals surface area contributed by atoms with Crippen molar-refractivity contribution in [3.05, 3.63) is 83.2 Å². The van der Waals surface area contributed by atoms with Gasteiger partial charge < -0.3 is 11.1 Å². The van der Waals surface area contributed by atoms with Gasteiger partial charge in [0.1, 0.15) is 0 Å². The Bertz CT molecular complexity index is 1170. The Morgan fingerprint density at radius 1 is 1.00 bits per heavy atom. The molecule has 0 aliphatic rings. The van der Waals surface area contributed by atoms with Gasteiger partial charge in [0.15, 0.2) is 11.0 Å². The summed E-state index contributed by atoms with van der Waals surface area (Å²) in [5.41, 5.74) is 7.35. The molecule has 2 heterocycles. The summed E-state index contributed by atoms with van der Waals surface area (Å²) in [7, 11) is 0. The molecule has 9 heteroatoms. The zero-order valence-corrected chi connectivity index (χ0v) is 18.0. The first-order chi connectivity index (χ1) is 15.1. The van der Waals surface area contributed by atoms with Gasteiger partial charge in [0.25, 0.3) is 0 Å². The smallest absolute Gasteiger partial charge is 0.248 e. The van der Waals surface area contributed by atoms with Crippen molar-refractivity contribution in [1.29, 1.82) is 0 Å². The van der Waals surface area contributed by atoms with Gasteiger partial charge >= 0.3 is 0 Å². The lowest BCUT2D eigenvalue weighted by Gasteiger charge is -2.10. The highest BCUT2D eigenvalue weighted by molar-refractivity contribution is 7.99. The Kier molecular flexibility index (Phi) is 6.44. The predicted octanol–water partition coefficient (Wildman–Crippen LogP) is 3.88. The number of thiophene rings is 1. The second-order valence-electron chi connectivity index (χ2n) is 6.63. The molecule has 0 spiro atoms. The molecule has 4 rings (SSSR count). The number of aromatic nitrogens is 3. The molecular formula is C22H19N5O2S2. The molecule has 156 valence electrons. The van der Waals surface area contributed by atoms with Gasteiger partial charge in [0.2, 0.25) is 11.8 Å². The summed E-state index contributed by atoms with van der Waals surface area (Å²) in [5.74, 6) is 0.273. The van der Waals surface area contributed by atoms with Crippen LogP contribution in [0.25, 0.3) is 10.7 Å². The van der Waals surface area contributed by atoms with Crippen molar-refractivity contribution < 1.29 is 9.59 Å². The van der Waals surface area contributed by atoms with Crippen molar-refractivity contribution in [1.82, 2.24) is 14.8 Å². The molecule has 0 fully saturated rings. The van der Waals surface area contributed by atoms with Gasteiger partial charge in [-0.15, -0.1) is 21.5 Å². The van der Waals surface area contributed by atoms with Gasteiger partial charge in [-0.1, -0.05) is 48.2 Å². The molecule has 0 radical (unpaired) electrons. The first-order valence-corrected chi connectivity index (χ1v) is 11.3. The van der Waals surface area contributed by atoms with E-state index in [1.807, 2.05) is 40.3 Å². The average Bonchev–Trinajstić information content (AvgIpc) is 3.43. The average molecular weight is 450 g/mol. The first kappa shape index (κ1) is 20.8. The predicted molar refractivity (Wildman–Crippen MR) is 123 cm³/mol. The molecule has 0 aliphatic heterocycles. The number of hydrogen-bond donors (Lipinski definition) is 2. The number of nitrogens with one attached hydrogen (secondary N) is 1. The van der Waals surface area contributed by atoms with E-state index >= 15 is 0 Å². The Hall–Kier alpha value is -3.43. The fraction of sp³-hybridized carbons (Fsp3) is 0.0909. The van der Waals surface area contributed by atoms with Gasteiger partial charge in [0.05, 0.1) is 17.2 Å². The largest absolute Gasteiger partial charge is 0.366 e. The molecule has 2 aromatic carbocycles. The van der Waals surface area contributed by atoms with E-state index < -0.39 is 5.91 Å². The summed E-state index contributed by atoms with van der Waals surface area (Å²) < 4.78 is 2.03. The maximum atomic E-state index is 12.4. The number of amides is 2. The minimum atomic E-state index is -0.507. The molecule has 0 unspecified atom stereocenters. The summed E-state index contributed by atoms with van der Waals surface area (Å²) >= 11 is 2.93. The number of anilines is 1. The van der Waals surface area contributed by atoms with Crippen LogP contribution in [-0.2, 0) is 11.3 Å². The molecule has 7 nitrogen and oxygen atoms in total. The van der Waals surface area contributed by atoms with Crippen molar-refractivity contribution >= 4 is 40.6 Å². The second kappa shape index (κ2) is 9.59. The molecule has 3 N–H and O–H groups in total. The van der Waals surface area contributed by atoms with E-state index in [0.717, 1.165) is 16.3 Å². The third-order valence-electron chi connectivity index (χ3n) is 4.43. The Labute approximate surface area is 187 Å². The minimum Gasteiger partial charge on any atom is -0.366 e. The molecular weight excluding hydrogens is 430 g/mol. The topological polar surface area (TPSA) is 103 Å². The Morgan fingerprint density at radius 3 is 2.45 bits per heavy atom. The maximum Gasteiger partial charge on any atom is 0.248 e. The molecule has 0 aliphatic carbocycles. The highest BCUT2D eigenvalue weighted by Gasteiger charge is 2.17. The molecule has 31 heavy (non-hydrogen) atoms. The van der Waals surface area contributed by atoms with E-state index in [0.29, 0.717) is 23.0 Å². The number of hydrogen-bond acceptors (Lipinski definition) is 6. The lowest BCUT2D eigenvalue weighted by Crippen LogP contribution is -2.15. The van der Waals surface area contributed by atoms with Crippen LogP contribution in [0.2, 0.25) is 0 Å². The lowest BCUT2D eigenvalue weighted by molar-refractivity contribution is -0.113. The number of thioether (sulfide) groups is 1. The Balaban J connectivity index is 1.47. The highest BCUT2D eigenvalue weighted by Crippen LogP contribution is 2.28. The van der Waals surface area contributed by atoms with E-state index in [-0.39, 0.29) is 11.7 Å². The maximum absolute atomic E-state index is 12.4. The van der Waals surface area contributed by atoms with Crippen LogP contribution in [0.5, 0.6) is 0 Å². The molecule has 2 aromatic heterocycles. The van der Waals surface area contributed by atoms with Crippen LogP contribution >= 0.6 is 23.1 Å². The number of carbonyl (C=O) groups is 2. The van der Waals surface area contributed by atoms with Crippen LogP contribution in [0, 0.1) is 0 Å². The summed E-state index contributed by atoms with van der Waals surface area (Å²) in [6, 6.07) is 20.5. The third-order valence-corrected chi connectivity index (χ3v) is 6.26. The van der Waals surface area contributed by atoms with Crippen LogP contribution in [0.4, 0.5) is 5.69 Å². The van der Waals surface area contributed by atoms with Gasteiger partial charge in [0, 0.05) is 11.3 Å². The first-order valence-electron chi connectivity index (χ1n) is 9.43. The molecule has 0 saturated heterocycles. The van der Waals surface area contributed by atoms with Crippen molar-refractivity contribution in [3.8, 4) is 10.7 Å². The van der Waals surface area contributed by atoms with Gasteiger partial charge in [-0.25, -0.2) is 0 Å². The second-order valence-corrected chi connectivity index (χ2v) is 8.52.